The van der Waals surface area contributed by atoms with Crippen molar-refractivity contribution in [3.63, 3.8) is 0 Å². The number of furan rings is 1. The molecule has 1 aromatic heterocycles. The molecular formula is C23H38N4O4. The number of nitrogens with zero attached hydrogens (tertiary/aromatic N) is 2. The van der Waals surface area contributed by atoms with Gasteiger partial charge in [0.15, 0.2) is 11.7 Å². The Bertz CT molecular complexity index is 667. The Balaban J connectivity index is 1.25. The summed E-state index contributed by atoms with van der Waals surface area (Å²) in [6.07, 6.45) is 6.92. The van der Waals surface area contributed by atoms with E-state index in [0.717, 1.165) is 82.8 Å². The quantitative estimate of drug-likeness (QED) is 0.479. The summed E-state index contributed by atoms with van der Waals surface area (Å²) in [7, 11) is 0. The van der Waals surface area contributed by atoms with Gasteiger partial charge in [-0.15, -0.1) is 0 Å². The van der Waals surface area contributed by atoms with Crippen LogP contribution in [-0.4, -0.2) is 81.8 Å². The van der Waals surface area contributed by atoms with Gasteiger partial charge < -0.3 is 29.3 Å². The monoisotopic (exact) mass is 434 g/mol. The second kappa shape index (κ2) is 11.3. The van der Waals surface area contributed by atoms with Crippen molar-refractivity contribution in [1.82, 2.24) is 15.5 Å². The molecule has 0 amide bonds. The Labute approximate surface area is 185 Å². The van der Waals surface area contributed by atoms with Gasteiger partial charge in [-0.1, -0.05) is 6.92 Å². The molecule has 4 rings (SSSR count). The summed E-state index contributed by atoms with van der Waals surface area (Å²) in [5.41, 5.74) is 0. The average molecular weight is 435 g/mol. The van der Waals surface area contributed by atoms with Gasteiger partial charge in [-0.25, -0.2) is 0 Å². The van der Waals surface area contributed by atoms with Crippen LogP contribution in [-0.2, 0) is 20.6 Å². The summed E-state index contributed by atoms with van der Waals surface area (Å²) < 4.78 is 23.3. The van der Waals surface area contributed by atoms with Crippen molar-refractivity contribution in [2.24, 2.45) is 10.9 Å². The highest BCUT2D eigenvalue weighted by molar-refractivity contribution is 5.79. The maximum Gasteiger partial charge on any atom is 0.191 e. The molecule has 1 unspecified atom stereocenters. The molecule has 1 aromatic rings. The topological polar surface area (TPSA) is 80.5 Å². The molecular weight excluding hydrogens is 396 g/mol. The van der Waals surface area contributed by atoms with E-state index in [2.05, 4.69) is 22.5 Å². The summed E-state index contributed by atoms with van der Waals surface area (Å²) in [6.45, 7) is 9.76. The molecule has 8 heteroatoms. The van der Waals surface area contributed by atoms with Crippen molar-refractivity contribution in [2.75, 3.05) is 59.1 Å². The largest absolute Gasteiger partial charge is 0.469 e. The minimum atomic E-state index is -0.358. The number of rotatable bonds is 8. The fourth-order valence-corrected chi connectivity index (χ4v) is 4.45. The lowest BCUT2D eigenvalue weighted by Crippen LogP contribution is -2.45. The first-order chi connectivity index (χ1) is 15.2. The lowest BCUT2D eigenvalue weighted by Gasteiger charge is -2.34. The molecule has 3 fully saturated rings. The molecule has 0 aromatic carbocycles. The van der Waals surface area contributed by atoms with Crippen molar-refractivity contribution in [1.29, 1.82) is 0 Å². The van der Waals surface area contributed by atoms with Gasteiger partial charge in [0.25, 0.3) is 0 Å². The molecule has 1 aliphatic carbocycles. The number of ether oxygens (including phenoxy) is 3. The summed E-state index contributed by atoms with van der Waals surface area (Å²) in [4.78, 5) is 7.23. The van der Waals surface area contributed by atoms with Crippen molar-refractivity contribution < 1.29 is 18.6 Å². The van der Waals surface area contributed by atoms with Crippen molar-refractivity contribution in [2.45, 2.75) is 50.9 Å². The average Bonchev–Trinajstić information content (AvgIpc) is 3.45. The summed E-state index contributed by atoms with van der Waals surface area (Å²) >= 11 is 0. The Kier molecular flexibility index (Phi) is 8.24. The Morgan fingerprint density at radius 1 is 1.19 bits per heavy atom. The maximum absolute atomic E-state index is 6.33. The Morgan fingerprint density at radius 2 is 2.00 bits per heavy atom. The molecule has 2 N–H and O–H groups in total. The second-order valence-electron chi connectivity index (χ2n) is 8.97. The Morgan fingerprint density at radius 3 is 2.77 bits per heavy atom. The molecule has 1 saturated carbocycles. The van der Waals surface area contributed by atoms with Crippen LogP contribution in [0.4, 0.5) is 0 Å². The number of hydrogen-bond donors (Lipinski definition) is 2. The van der Waals surface area contributed by atoms with Crippen LogP contribution in [0.25, 0.3) is 0 Å². The van der Waals surface area contributed by atoms with Gasteiger partial charge in [-0.2, -0.15) is 0 Å². The van der Waals surface area contributed by atoms with E-state index in [1.54, 1.807) is 6.26 Å². The highest BCUT2D eigenvalue weighted by Crippen LogP contribution is 2.39. The van der Waals surface area contributed by atoms with E-state index < -0.39 is 0 Å². The second-order valence-corrected chi connectivity index (χ2v) is 8.97. The molecule has 8 nitrogen and oxygen atoms in total. The van der Waals surface area contributed by atoms with Crippen LogP contribution < -0.4 is 10.6 Å². The summed E-state index contributed by atoms with van der Waals surface area (Å²) in [6, 6.07) is 3.92. The van der Waals surface area contributed by atoms with Gasteiger partial charge in [-0.3, -0.25) is 9.89 Å². The smallest absolute Gasteiger partial charge is 0.191 e. The van der Waals surface area contributed by atoms with Gasteiger partial charge in [0.1, 0.15) is 11.9 Å². The first-order valence-electron chi connectivity index (χ1n) is 11.9. The molecule has 2 saturated heterocycles. The predicted molar refractivity (Wildman–Crippen MR) is 119 cm³/mol. The summed E-state index contributed by atoms with van der Waals surface area (Å²) in [5, 5.41) is 6.91. The Hall–Kier alpha value is -1.61. The zero-order valence-corrected chi connectivity index (χ0v) is 18.8. The molecule has 2 aliphatic heterocycles. The lowest BCUT2D eigenvalue weighted by molar-refractivity contribution is -0.190. The molecule has 3 heterocycles. The van der Waals surface area contributed by atoms with Crippen molar-refractivity contribution in [3.8, 4) is 0 Å². The molecule has 1 atom stereocenters. The maximum atomic E-state index is 6.33. The van der Waals surface area contributed by atoms with Crippen LogP contribution in [0.3, 0.4) is 0 Å². The number of nitrogens with one attached hydrogen (secondary N) is 2. The number of morpholine rings is 1. The van der Waals surface area contributed by atoms with E-state index in [0.29, 0.717) is 13.2 Å². The van der Waals surface area contributed by atoms with E-state index in [1.165, 1.54) is 12.8 Å². The van der Waals surface area contributed by atoms with Crippen LogP contribution in [0.15, 0.2) is 27.8 Å². The van der Waals surface area contributed by atoms with Crippen molar-refractivity contribution >= 4 is 5.96 Å². The van der Waals surface area contributed by atoms with Crippen LogP contribution in [0.2, 0.25) is 0 Å². The first kappa shape index (κ1) is 22.6. The third-order valence-electron chi connectivity index (χ3n) is 6.47. The lowest BCUT2D eigenvalue weighted by atomic mass is 9.86. The fourth-order valence-electron chi connectivity index (χ4n) is 4.45. The van der Waals surface area contributed by atoms with E-state index in [-0.39, 0.29) is 11.9 Å². The van der Waals surface area contributed by atoms with Gasteiger partial charge in [0.05, 0.1) is 32.6 Å². The standard InChI is InChI=1S/C23H38N4O4/c1-19-4-7-23(8-5-19)30-18-21(31-23)17-26-22(24-9-6-20-3-2-14-29-20)25-10-11-27-12-15-28-16-13-27/h2-3,14,19,21H,4-13,15-18H2,1H3,(H2,24,25,26). The molecule has 31 heavy (non-hydrogen) atoms. The molecule has 174 valence electrons. The minimum Gasteiger partial charge on any atom is -0.469 e. The van der Waals surface area contributed by atoms with E-state index in [9.17, 15) is 0 Å². The molecule has 3 aliphatic rings. The van der Waals surface area contributed by atoms with Gasteiger partial charge in [-0.05, 0) is 30.9 Å². The van der Waals surface area contributed by atoms with Crippen LogP contribution in [0.5, 0.6) is 0 Å². The van der Waals surface area contributed by atoms with E-state index in [1.807, 2.05) is 12.1 Å². The predicted octanol–water partition coefficient (Wildman–Crippen LogP) is 2.01. The van der Waals surface area contributed by atoms with E-state index in [4.69, 9.17) is 23.6 Å². The van der Waals surface area contributed by atoms with Crippen molar-refractivity contribution in [3.05, 3.63) is 24.2 Å². The van der Waals surface area contributed by atoms with Crippen LogP contribution >= 0.6 is 0 Å². The number of aliphatic imine (C=N–C) groups is 1. The third kappa shape index (κ3) is 6.94. The highest BCUT2D eigenvalue weighted by atomic mass is 16.7. The van der Waals surface area contributed by atoms with Gasteiger partial charge >= 0.3 is 0 Å². The van der Waals surface area contributed by atoms with E-state index >= 15 is 0 Å². The molecule has 0 bridgehead atoms. The van der Waals surface area contributed by atoms with Gasteiger partial charge in [0.2, 0.25) is 0 Å². The molecule has 1 spiro atoms. The SMILES string of the molecule is CC1CCC2(CC1)OCC(CN=C(NCCc1ccco1)NCCN1CCOCC1)O2. The van der Waals surface area contributed by atoms with Crippen LogP contribution in [0.1, 0.15) is 38.4 Å². The highest BCUT2D eigenvalue weighted by Gasteiger charge is 2.43. The zero-order valence-electron chi connectivity index (χ0n) is 18.8. The number of guanidine groups is 1. The zero-order chi connectivity index (χ0) is 21.4. The number of hydrogen-bond acceptors (Lipinski definition) is 6. The fraction of sp³-hybridized carbons (Fsp3) is 0.783. The molecule has 0 radical (unpaired) electrons. The first-order valence-corrected chi connectivity index (χ1v) is 11.9. The minimum absolute atomic E-state index is 0.0244. The third-order valence-corrected chi connectivity index (χ3v) is 6.47. The normalized spacial score (nSPS) is 30.0. The van der Waals surface area contributed by atoms with Gasteiger partial charge in [0, 0.05) is 52.0 Å². The summed E-state index contributed by atoms with van der Waals surface area (Å²) in [5.74, 6) is 2.21. The van der Waals surface area contributed by atoms with Crippen LogP contribution in [0, 0.1) is 5.92 Å².